The van der Waals surface area contributed by atoms with E-state index in [2.05, 4.69) is 4.74 Å². The Morgan fingerprint density at radius 1 is 1.08 bits per heavy atom. The van der Waals surface area contributed by atoms with Crippen molar-refractivity contribution in [2.24, 2.45) is 0 Å². The topological polar surface area (TPSA) is 43.4 Å². The van der Waals surface area contributed by atoms with Crippen molar-refractivity contribution in [1.29, 1.82) is 0 Å². The highest BCUT2D eigenvalue weighted by molar-refractivity contribution is 6.12. The smallest absolute Gasteiger partial charge is 0.342 e. The Labute approximate surface area is 77.8 Å². The van der Waals surface area contributed by atoms with Gasteiger partial charge in [0, 0.05) is 11.1 Å². The van der Waals surface area contributed by atoms with Gasteiger partial charge in [-0.1, -0.05) is 20.3 Å². The fraction of sp³-hybridized carbons (Fsp3) is 0.600. The molecule has 0 N–H and O–H groups in total. The summed E-state index contributed by atoms with van der Waals surface area (Å²) in [5, 5.41) is 0. The number of rotatable bonds is 4. The molecular weight excluding hydrogens is 168 g/mol. The lowest BCUT2D eigenvalue weighted by molar-refractivity contribution is -0.151. The van der Waals surface area contributed by atoms with E-state index in [1.54, 1.807) is 0 Å². The summed E-state index contributed by atoms with van der Waals surface area (Å²) in [6.45, 7) is 3.91. The largest absolute Gasteiger partial charge is 0.386 e. The molecule has 0 amide bonds. The number of carbonyl (C=O) groups is 2. The SMILES string of the molecule is CCCCC1=C(CC)C(=O)OC1=O. The Kier molecular flexibility index (Phi) is 3.23. The molecule has 0 radical (unpaired) electrons. The lowest BCUT2D eigenvalue weighted by atomic mass is 10.0. The van der Waals surface area contributed by atoms with Gasteiger partial charge in [-0.3, -0.25) is 0 Å². The van der Waals surface area contributed by atoms with E-state index in [-0.39, 0.29) is 0 Å². The summed E-state index contributed by atoms with van der Waals surface area (Å²) in [4.78, 5) is 22.2. The molecule has 1 heterocycles. The molecule has 0 atom stereocenters. The Morgan fingerprint density at radius 3 is 2.23 bits per heavy atom. The Morgan fingerprint density at radius 2 is 1.69 bits per heavy atom. The third-order valence-electron chi connectivity index (χ3n) is 2.18. The number of unbranched alkanes of at least 4 members (excludes halogenated alkanes) is 1. The number of cyclic esters (lactones) is 2. The van der Waals surface area contributed by atoms with Crippen LogP contribution < -0.4 is 0 Å². The van der Waals surface area contributed by atoms with Crippen LogP contribution in [0.4, 0.5) is 0 Å². The van der Waals surface area contributed by atoms with Gasteiger partial charge in [0.15, 0.2) is 0 Å². The van der Waals surface area contributed by atoms with E-state index < -0.39 is 11.9 Å². The third-order valence-corrected chi connectivity index (χ3v) is 2.18. The minimum absolute atomic E-state index is 0.435. The molecule has 0 aromatic carbocycles. The van der Waals surface area contributed by atoms with Gasteiger partial charge in [0.05, 0.1) is 0 Å². The van der Waals surface area contributed by atoms with Gasteiger partial charge in [-0.15, -0.1) is 0 Å². The van der Waals surface area contributed by atoms with Gasteiger partial charge in [0.1, 0.15) is 0 Å². The molecule has 1 aliphatic heterocycles. The van der Waals surface area contributed by atoms with Crippen LogP contribution in [0.5, 0.6) is 0 Å². The average Bonchev–Trinajstić information content (AvgIpc) is 2.37. The van der Waals surface area contributed by atoms with Gasteiger partial charge in [-0.25, -0.2) is 9.59 Å². The second kappa shape index (κ2) is 4.21. The van der Waals surface area contributed by atoms with E-state index in [0.29, 0.717) is 24.0 Å². The molecular formula is C10H14O3. The monoisotopic (exact) mass is 182 g/mol. The molecule has 0 spiro atoms. The maximum Gasteiger partial charge on any atom is 0.342 e. The van der Waals surface area contributed by atoms with Gasteiger partial charge < -0.3 is 4.74 Å². The van der Waals surface area contributed by atoms with Gasteiger partial charge in [-0.2, -0.15) is 0 Å². The van der Waals surface area contributed by atoms with Crippen molar-refractivity contribution >= 4 is 11.9 Å². The summed E-state index contributed by atoms with van der Waals surface area (Å²) in [5.41, 5.74) is 1.16. The maximum atomic E-state index is 11.2. The lowest BCUT2D eigenvalue weighted by Crippen LogP contribution is -2.02. The first-order chi connectivity index (χ1) is 6.20. The molecule has 0 saturated carbocycles. The van der Waals surface area contributed by atoms with Gasteiger partial charge in [-0.05, 0) is 19.3 Å². The van der Waals surface area contributed by atoms with Crippen LogP contribution in [0.15, 0.2) is 11.1 Å². The molecule has 0 aromatic rings. The van der Waals surface area contributed by atoms with Crippen molar-refractivity contribution in [1.82, 2.24) is 0 Å². The first-order valence-electron chi connectivity index (χ1n) is 4.69. The molecule has 3 heteroatoms. The highest BCUT2D eigenvalue weighted by Gasteiger charge is 2.30. The zero-order valence-corrected chi connectivity index (χ0v) is 8.05. The lowest BCUT2D eigenvalue weighted by Gasteiger charge is -1.97. The van der Waals surface area contributed by atoms with Gasteiger partial charge in [0.25, 0.3) is 0 Å². The van der Waals surface area contributed by atoms with Crippen molar-refractivity contribution in [3.05, 3.63) is 11.1 Å². The molecule has 1 rings (SSSR count). The molecule has 1 aliphatic rings. The van der Waals surface area contributed by atoms with Gasteiger partial charge in [0.2, 0.25) is 0 Å². The van der Waals surface area contributed by atoms with Crippen molar-refractivity contribution in [2.45, 2.75) is 39.5 Å². The fourth-order valence-electron chi connectivity index (χ4n) is 1.42. The molecule has 13 heavy (non-hydrogen) atoms. The quantitative estimate of drug-likeness (QED) is 0.493. The highest BCUT2D eigenvalue weighted by Crippen LogP contribution is 2.24. The fourth-order valence-corrected chi connectivity index (χ4v) is 1.42. The molecule has 0 unspecified atom stereocenters. The first kappa shape index (κ1) is 9.96. The van der Waals surface area contributed by atoms with Crippen LogP contribution in [0.3, 0.4) is 0 Å². The standard InChI is InChI=1S/C10H14O3/c1-3-5-6-8-7(4-2)9(11)13-10(8)12/h3-6H2,1-2H3. The maximum absolute atomic E-state index is 11.2. The third kappa shape index (κ3) is 1.97. The van der Waals surface area contributed by atoms with Crippen LogP contribution in [-0.2, 0) is 14.3 Å². The number of ether oxygens (including phenoxy) is 1. The summed E-state index contributed by atoms with van der Waals surface area (Å²) in [6.07, 6.45) is 3.21. The Bertz CT molecular complexity index is 263. The van der Waals surface area contributed by atoms with Crippen molar-refractivity contribution < 1.29 is 14.3 Å². The highest BCUT2D eigenvalue weighted by atomic mass is 16.6. The van der Waals surface area contributed by atoms with Crippen LogP contribution in [0, 0.1) is 0 Å². The first-order valence-corrected chi connectivity index (χ1v) is 4.69. The number of esters is 2. The van der Waals surface area contributed by atoms with Crippen LogP contribution in [-0.4, -0.2) is 11.9 Å². The molecule has 72 valence electrons. The molecule has 0 aliphatic carbocycles. The predicted octanol–water partition coefficient (Wildman–Crippen LogP) is 1.97. The summed E-state index contributed by atoms with van der Waals surface area (Å²) < 4.78 is 4.52. The van der Waals surface area contributed by atoms with Crippen molar-refractivity contribution in [2.75, 3.05) is 0 Å². The molecule has 0 aromatic heterocycles. The minimum Gasteiger partial charge on any atom is -0.386 e. The van der Waals surface area contributed by atoms with Gasteiger partial charge >= 0.3 is 11.9 Å². The van der Waals surface area contributed by atoms with Crippen molar-refractivity contribution in [3.63, 3.8) is 0 Å². The summed E-state index contributed by atoms with van der Waals surface area (Å²) in [5.74, 6) is -0.881. The van der Waals surface area contributed by atoms with E-state index in [0.717, 1.165) is 12.8 Å². The van der Waals surface area contributed by atoms with E-state index in [1.165, 1.54) is 0 Å². The predicted molar refractivity (Wildman–Crippen MR) is 47.9 cm³/mol. The molecule has 3 nitrogen and oxygen atoms in total. The zero-order chi connectivity index (χ0) is 9.84. The average molecular weight is 182 g/mol. The normalized spacial score (nSPS) is 16.8. The Balaban J connectivity index is 2.79. The van der Waals surface area contributed by atoms with Crippen LogP contribution in [0.1, 0.15) is 39.5 Å². The Hall–Kier alpha value is -1.12. The summed E-state index contributed by atoms with van der Waals surface area (Å²) in [7, 11) is 0. The molecule has 0 bridgehead atoms. The van der Waals surface area contributed by atoms with E-state index in [4.69, 9.17) is 0 Å². The number of hydrogen-bond acceptors (Lipinski definition) is 3. The summed E-state index contributed by atoms with van der Waals surface area (Å²) >= 11 is 0. The zero-order valence-electron chi connectivity index (χ0n) is 8.05. The second-order valence-electron chi connectivity index (χ2n) is 3.09. The van der Waals surface area contributed by atoms with E-state index in [1.807, 2.05) is 13.8 Å². The summed E-state index contributed by atoms with van der Waals surface area (Å²) in [6, 6.07) is 0. The van der Waals surface area contributed by atoms with E-state index in [9.17, 15) is 9.59 Å². The number of hydrogen-bond donors (Lipinski definition) is 0. The number of carbonyl (C=O) groups excluding carboxylic acids is 2. The van der Waals surface area contributed by atoms with E-state index >= 15 is 0 Å². The van der Waals surface area contributed by atoms with Crippen molar-refractivity contribution in [3.8, 4) is 0 Å². The van der Waals surface area contributed by atoms with Crippen LogP contribution >= 0.6 is 0 Å². The van der Waals surface area contributed by atoms with Crippen LogP contribution in [0.2, 0.25) is 0 Å². The minimum atomic E-state index is -0.446. The van der Waals surface area contributed by atoms with Crippen LogP contribution in [0.25, 0.3) is 0 Å². The molecule has 0 saturated heterocycles. The molecule has 0 fully saturated rings. The second-order valence-corrected chi connectivity index (χ2v) is 3.09.